The van der Waals surface area contributed by atoms with Gasteiger partial charge in [0.1, 0.15) is 0 Å². The van der Waals surface area contributed by atoms with Gasteiger partial charge in [0, 0.05) is 35.4 Å². The first-order valence-electron chi connectivity index (χ1n) is 8.05. The molecule has 0 N–H and O–H groups in total. The fraction of sp³-hybridized carbons (Fsp3) is 0.100. The summed E-state index contributed by atoms with van der Waals surface area (Å²) in [5.41, 5.74) is 4.09. The molecule has 122 valence electrons. The molecule has 0 spiro atoms. The molecular formula is C20H16N4O. The maximum Gasteiger partial charge on any atom is 0.234 e. The van der Waals surface area contributed by atoms with E-state index in [1.54, 1.807) is 18.3 Å². The minimum absolute atomic E-state index is 0.0252. The van der Waals surface area contributed by atoms with E-state index in [0.29, 0.717) is 17.0 Å². The zero-order chi connectivity index (χ0) is 17.2. The van der Waals surface area contributed by atoms with Crippen LogP contribution in [0.2, 0.25) is 0 Å². The average molecular weight is 328 g/mol. The Hall–Kier alpha value is -3.34. The van der Waals surface area contributed by atoms with Gasteiger partial charge in [0.15, 0.2) is 5.78 Å². The number of carbonyl (C=O) groups is 1. The van der Waals surface area contributed by atoms with Gasteiger partial charge in [0.25, 0.3) is 0 Å². The van der Waals surface area contributed by atoms with Crippen LogP contribution in [-0.4, -0.2) is 25.1 Å². The summed E-state index contributed by atoms with van der Waals surface area (Å²) in [6.45, 7) is 1.87. The Morgan fingerprint density at radius 2 is 1.92 bits per heavy atom. The minimum atomic E-state index is 0.0252. The van der Waals surface area contributed by atoms with Crippen molar-refractivity contribution < 1.29 is 4.79 Å². The second kappa shape index (κ2) is 6.28. The van der Waals surface area contributed by atoms with Crippen molar-refractivity contribution in [3.05, 3.63) is 84.1 Å². The molecule has 3 aromatic heterocycles. The minimum Gasteiger partial charge on any atom is -0.294 e. The number of aromatic nitrogens is 4. The molecule has 0 aliphatic rings. The van der Waals surface area contributed by atoms with Crippen molar-refractivity contribution in [3.63, 3.8) is 0 Å². The van der Waals surface area contributed by atoms with Gasteiger partial charge in [-0.05, 0) is 25.1 Å². The number of carbonyl (C=O) groups excluding carboxylic acids is 1. The average Bonchev–Trinajstić information content (AvgIpc) is 3.06. The lowest BCUT2D eigenvalue weighted by molar-refractivity contribution is 0.0992. The Kier molecular flexibility index (Phi) is 3.82. The summed E-state index contributed by atoms with van der Waals surface area (Å²) in [6, 6.07) is 15.3. The number of fused-ring (bicyclic) bond motifs is 1. The second-order valence-electron chi connectivity index (χ2n) is 5.90. The van der Waals surface area contributed by atoms with Crippen LogP contribution in [0.1, 0.15) is 21.7 Å². The first-order valence-corrected chi connectivity index (χ1v) is 8.05. The Bertz CT molecular complexity index is 1050. The largest absolute Gasteiger partial charge is 0.294 e. The third kappa shape index (κ3) is 3.17. The summed E-state index contributed by atoms with van der Waals surface area (Å²) >= 11 is 0. The van der Waals surface area contributed by atoms with Gasteiger partial charge in [-0.3, -0.25) is 14.2 Å². The van der Waals surface area contributed by atoms with Crippen LogP contribution in [0.3, 0.4) is 0 Å². The molecule has 5 nitrogen and oxygen atoms in total. The predicted octanol–water partition coefficient (Wildman–Crippen LogP) is 3.53. The molecule has 0 saturated heterocycles. The van der Waals surface area contributed by atoms with E-state index in [2.05, 4.69) is 15.0 Å². The Morgan fingerprint density at radius 1 is 1.08 bits per heavy atom. The number of nitrogens with zero attached hydrogens (tertiary/aromatic N) is 4. The lowest BCUT2D eigenvalue weighted by Gasteiger charge is -2.02. The zero-order valence-electron chi connectivity index (χ0n) is 13.8. The number of benzene rings is 1. The van der Waals surface area contributed by atoms with Crippen molar-refractivity contribution >= 4 is 11.6 Å². The molecule has 3 heterocycles. The number of pyridine rings is 1. The molecule has 5 heteroatoms. The van der Waals surface area contributed by atoms with E-state index < -0.39 is 0 Å². The first-order chi connectivity index (χ1) is 12.2. The summed E-state index contributed by atoms with van der Waals surface area (Å²) in [6.07, 6.45) is 5.73. The molecular weight excluding hydrogens is 312 g/mol. The van der Waals surface area contributed by atoms with E-state index in [0.717, 1.165) is 17.0 Å². The highest BCUT2D eigenvalue weighted by molar-refractivity contribution is 5.97. The molecule has 0 atom stereocenters. The van der Waals surface area contributed by atoms with Crippen molar-refractivity contribution in [3.8, 4) is 11.3 Å². The standard InChI is InChI=1S/C20H16N4O/c1-14-11-16(7-9-21-14)19(25)12-17-8-10-24-13-18(23-20(24)22-17)15-5-3-2-4-6-15/h2-11,13H,12H2,1H3. The molecule has 0 bridgehead atoms. The van der Waals surface area contributed by atoms with E-state index in [9.17, 15) is 4.79 Å². The molecule has 0 fully saturated rings. The summed E-state index contributed by atoms with van der Waals surface area (Å²) in [5, 5.41) is 0. The van der Waals surface area contributed by atoms with Gasteiger partial charge < -0.3 is 0 Å². The third-order valence-corrected chi connectivity index (χ3v) is 4.01. The molecule has 0 aliphatic carbocycles. The molecule has 0 saturated carbocycles. The summed E-state index contributed by atoms with van der Waals surface area (Å²) in [4.78, 5) is 25.6. The SMILES string of the molecule is Cc1cc(C(=O)Cc2ccn3cc(-c4ccccc4)nc3n2)ccn1. The van der Waals surface area contributed by atoms with Crippen molar-refractivity contribution in [1.82, 2.24) is 19.4 Å². The lowest BCUT2D eigenvalue weighted by atomic mass is 10.1. The van der Waals surface area contributed by atoms with Crippen LogP contribution >= 0.6 is 0 Å². The number of aryl methyl sites for hydroxylation is 1. The first kappa shape index (κ1) is 15.2. The number of imidazole rings is 1. The third-order valence-electron chi connectivity index (χ3n) is 4.01. The molecule has 0 radical (unpaired) electrons. The fourth-order valence-corrected chi connectivity index (χ4v) is 2.74. The van der Waals surface area contributed by atoms with Crippen molar-refractivity contribution in [2.24, 2.45) is 0 Å². The maximum atomic E-state index is 12.4. The topological polar surface area (TPSA) is 60.2 Å². The van der Waals surface area contributed by atoms with E-state index in [1.165, 1.54) is 0 Å². The zero-order valence-corrected chi connectivity index (χ0v) is 13.8. The van der Waals surface area contributed by atoms with Crippen molar-refractivity contribution in [2.45, 2.75) is 13.3 Å². The van der Waals surface area contributed by atoms with Crippen LogP contribution in [0.15, 0.2) is 67.1 Å². The van der Waals surface area contributed by atoms with Gasteiger partial charge in [-0.1, -0.05) is 30.3 Å². The molecule has 4 aromatic rings. The number of Topliss-reactive ketones (excluding diaryl/α,β-unsaturated/α-hetero) is 1. The monoisotopic (exact) mass is 328 g/mol. The van der Waals surface area contributed by atoms with Gasteiger partial charge in [-0.2, -0.15) is 0 Å². The molecule has 0 amide bonds. The summed E-state index contributed by atoms with van der Waals surface area (Å²) in [7, 11) is 0. The number of ketones is 1. The Morgan fingerprint density at radius 3 is 2.72 bits per heavy atom. The van der Waals surface area contributed by atoms with E-state index >= 15 is 0 Å². The van der Waals surface area contributed by atoms with E-state index in [1.807, 2.05) is 60.1 Å². The van der Waals surface area contributed by atoms with Gasteiger partial charge >= 0.3 is 0 Å². The van der Waals surface area contributed by atoms with Crippen LogP contribution in [0.25, 0.3) is 17.0 Å². The highest BCUT2D eigenvalue weighted by Crippen LogP contribution is 2.18. The normalized spacial score (nSPS) is 10.9. The molecule has 1 aromatic carbocycles. The van der Waals surface area contributed by atoms with Crippen LogP contribution < -0.4 is 0 Å². The van der Waals surface area contributed by atoms with Crippen LogP contribution in [0.5, 0.6) is 0 Å². The highest BCUT2D eigenvalue weighted by Gasteiger charge is 2.11. The lowest BCUT2D eigenvalue weighted by Crippen LogP contribution is -2.06. The van der Waals surface area contributed by atoms with Crippen LogP contribution in [0.4, 0.5) is 0 Å². The number of rotatable bonds is 4. The van der Waals surface area contributed by atoms with Gasteiger partial charge in [0.05, 0.1) is 17.8 Å². The van der Waals surface area contributed by atoms with Crippen LogP contribution in [0, 0.1) is 6.92 Å². The summed E-state index contributed by atoms with van der Waals surface area (Å²) < 4.78 is 1.87. The van der Waals surface area contributed by atoms with Crippen molar-refractivity contribution in [2.75, 3.05) is 0 Å². The molecule has 4 rings (SSSR count). The molecule has 0 unspecified atom stereocenters. The maximum absolute atomic E-state index is 12.4. The molecule has 25 heavy (non-hydrogen) atoms. The second-order valence-corrected chi connectivity index (χ2v) is 5.90. The fourth-order valence-electron chi connectivity index (χ4n) is 2.74. The van der Waals surface area contributed by atoms with Gasteiger partial charge in [-0.25, -0.2) is 9.97 Å². The molecule has 0 aliphatic heterocycles. The quantitative estimate of drug-likeness (QED) is 0.538. The van der Waals surface area contributed by atoms with Crippen LogP contribution in [-0.2, 0) is 6.42 Å². The summed E-state index contributed by atoms with van der Waals surface area (Å²) in [5.74, 6) is 0.618. The Balaban J connectivity index is 1.62. The van der Waals surface area contributed by atoms with E-state index in [4.69, 9.17) is 0 Å². The number of hydrogen-bond acceptors (Lipinski definition) is 4. The van der Waals surface area contributed by atoms with Crippen molar-refractivity contribution in [1.29, 1.82) is 0 Å². The number of hydrogen-bond donors (Lipinski definition) is 0. The highest BCUT2D eigenvalue weighted by atomic mass is 16.1. The predicted molar refractivity (Wildman–Crippen MR) is 95.4 cm³/mol. The smallest absolute Gasteiger partial charge is 0.234 e. The van der Waals surface area contributed by atoms with Gasteiger partial charge in [0.2, 0.25) is 5.78 Å². The van der Waals surface area contributed by atoms with E-state index in [-0.39, 0.29) is 12.2 Å². The Labute approximate surface area is 145 Å². The van der Waals surface area contributed by atoms with Gasteiger partial charge in [-0.15, -0.1) is 0 Å².